The molecule has 0 aliphatic rings. The van der Waals surface area contributed by atoms with Gasteiger partial charge in [-0.05, 0) is 18.6 Å². The van der Waals surface area contributed by atoms with Crippen molar-refractivity contribution in [3.63, 3.8) is 0 Å². The lowest BCUT2D eigenvalue weighted by molar-refractivity contribution is -0.383. The van der Waals surface area contributed by atoms with Crippen molar-refractivity contribution in [3.05, 3.63) is 33.3 Å². The summed E-state index contributed by atoms with van der Waals surface area (Å²) in [6.45, 7) is 0.436. The predicted octanol–water partition coefficient (Wildman–Crippen LogP) is 1.93. The summed E-state index contributed by atoms with van der Waals surface area (Å²) in [6.07, 6.45) is 0.767. The van der Waals surface area contributed by atoms with Gasteiger partial charge in [0, 0.05) is 24.1 Å². The van der Waals surface area contributed by atoms with Gasteiger partial charge in [-0.3, -0.25) is 14.9 Å². The molecule has 92 valence electrons. The zero-order valence-electron chi connectivity index (χ0n) is 8.98. The van der Waals surface area contributed by atoms with E-state index in [2.05, 4.69) is 5.32 Å². The third kappa shape index (κ3) is 4.28. The molecule has 0 aromatic heterocycles. The fraction of sp³-hybridized carbons (Fsp3) is 0.300. The molecule has 1 amide bonds. The Bertz CT molecular complexity index is 437. The van der Waals surface area contributed by atoms with E-state index in [1.807, 2.05) is 0 Å². The molecule has 1 rings (SSSR count). The highest BCUT2D eigenvalue weighted by atomic mass is 35.5. The molecule has 1 aromatic carbocycles. The second kappa shape index (κ2) is 6.05. The van der Waals surface area contributed by atoms with Gasteiger partial charge in [0.2, 0.25) is 5.91 Å². The molecule has 1 aromatic rings. The highest BCUT2D eigenvalue weighted by Gasteiger charge is 2.13. The topological polar surface area (TPSA) is 98.3 Å². The molecule has 0 saturated carbocycles. The minimum atomic E-state index is -0.512. The van der Waals surface area contributed by atoms with Gasteiger partial charge in [-0.15, -0.1) is 0 Å². The van der Waals surface area contributed by atoms with E-state index in [0.29, 0.717) is 23.7 Å². The van der Waals surface area contributed by atoms with Crippen LogP contribution in [0.5, 0.6) is 0 Å². The average molecular weight is 258 g/mol. The van der Waals surface area contributed by atoms with Crippen LogP contribution in [0.4, 0.5) is 11.4 Å². The number of halogens is 1. The largest absolute Gasteiger partial charge is 0.379 e. The molecule has 0 bridgehead atoms. The lowest BCUT2D eigenvalue weighted by Gasteiger charge is -2.06. The van der Waals surface area contributed by atoms with E-state index < -0.39 is 10.8 Å². The fourth-order valence-corrected chi connectivity index (χ4v) is 1.46. The first-order chi connectivity index (χ1) is 8.00. The molecule has 0 atom stereocenters. The van der Waals surface area contributed by atoms with Gasteiger partial charge in [-0.1, -0.05) is 11.6 Å². The number of hydrogen-bond donors (Lipinski definition) is 2. The lowest BCUT2D eigenvalue weighted by atomic mass is 10.2. The van der Waals surface area contributed by atoms with Crippen LogP contribution in [0, 0.1) is 10.1 Å². The van der Waals surface area contributed by atoms with Gasteiger partial charge in [0.25, 0.3) is 5.69 Å². The van der Waals surface area contributed by atoms with E-state index >= 15 is 0 Å². The van der Waals surface area contributed by atoms with Gasteiger partial charge in [0.05, 0.1) is 4.92 Å². The molecule has 0 spiro atoms. The number of nitro groups is 1. The molecule has 7 heteroatoms. The second-order valence-corrected chi connectivity index (χ2v) is 3.85. The maximum atomic E-state index is 10.7. The van der Waals surface area contributed by atoms with Gasteiger partial charge in [0.15, 0.2) is 0 Å². The standard InChI is InChI=1S/C10H12ClN3O3/c11-7-3-4-8(9(6-7)14(16)17)13-5-1-2-10(12)15/h3-4,6,13H,1-2,5H2,(H2,12,15). The van der Waals surface area contributed by atoms with E-state index in [-0.39, 0.29) is 12.1 Å². The second-order valence-electron chi connectivity index (χ2n) is 3.42. The Kier molecular flexibility index (Phi) is 4.71. The number of carbonyl (C=O) groups is 1. The first-order valence-electron chi connectivity index (χ1n) is 4.97. The summed E-state index contributed by atoms with van der Waals surface area (Å²) in [5, 5.41) is 13.9. The van der Waals surface area contributed by atoms with Gasteiger partial charge in [-0.2, -0.15) is 0 Å². The number of rotatable bonds is 6. The van der Waals surface area contributed by atoms with Crippen LogP contribution in [-0.2, 0) is 4.79 Å². The van der Waals surface area contributed by atoms with Crippen LogP contribution in [0.25, 0.3) is 0 Å². The molecular weight excluding hydrogens is 246 g/mol. The highest BCUT2D eigenvalue weighted by molar-refractivity contribution is 6.30. The van der Waals surface area contributed by atoms with Crippen LogP contribution in [0.1, 0.15) is 12.8 Å². The van der Waals surface area contributed by atoms with Crippen molar-refractivity contribution >= 4 is 28.9 Å². The summed E-state index contributed by atoms with van der Waals surface area (Å²) in [5.41, 5.74) is 5.27. The van der Waals surface area contributed by atoms with Crippen molar-refractivity contribution in [1.29, 1.82) is 0 Å². The Morgan fingerprint density at radius 3 is 2.82 bits per heavy atom. The summed E-state index contributed by atoms with van der Waals surface area (Å²) in [4.78, 5) is 20.7. The van der Waals surface area contributed by atoms with E-state index in [1.54, 1.807) is 6.07 Å². The average Bonchev–Trinajstić information content (AvgIpc) is 2.25. The first-order valence-corrected chi connectivity index (χ1v) is 5.34. The van der Waals surface area contributed by atoms with Crippen LogP contribution in [0.2, 0.25) is 5.02 Å². The number of benzene rings is 1. The Balaban J connectivity index is 2.64. The van der Waals surface area contributed by atoms with Crippen LogP contribution in [0.3, 0.4) is 0 Å². The summed E-state index contributed by atoms with van der Waals surface area (Å²) in [6, 6.07) is 4.37. The van der Waals surface area contributed by atoms with E-state index in [0.717, 1.165) is 0 Å². The normalized spacial score (nSPS) is 9.94. The monoisotopic (exact) mass is 257 g/mol. The molecule has 0 saturated heterocycles. The number of anilines is 1. The number of amides is 1. The van der Waals surface area contributed by atoms with Crippen molar-refractivity contribution in [2.45, 2.75) is 12.8 Å². The number of nitrogens with two attached hydrogens (primary N) is 1. The van der Waals surface area contributed by atoms with Crippen LogP contribution < -0.4 is 11.1 Å². The molecule has 0 radical (unpaired) electrons. The van der Waals surface area contributed by atoms with Crippen LogP contribution >= 0.6 is 11.6 Å². The Morgan fingerprint density at radius 1 is 1.53 bits per heavy atom. The van der Waals surface area contributed by atoms with Gasteiger partial charge in [0.1, 0.15) is 5.69 Å². The molecule has 0 aliphatic carbocycles. The Morgan fingerprint density at radius 2 is 2.24 bits per heavy atom. The van der Waals surface area contributed by atoms with Gasteiger partial charge < -0.3 is 11.1 Å². The minimum Gasteiger partial charge on any atom is -0.379 e. The minimum absolute atomic E-state index is 0.0865. The summed E-state index contributed by atoms with van der Waals surface area (Å²) in [7, 11) is 0. The Hall–Kier alpha value is -1.82. The maximum Gasteiger partial charge on any atom is 0.293 e. The Labute approximate surface area is 103 Å². The summed E-state index contributed by atoms with van der Waals surface area (Å²) >= 11 is 5.67. The summed E-state index contributed by atoms with van der Waals surface area (Å²) in [5.74, 6) is -0.391. The van der Waals surface area contributed by atoms with Crippen LogP contribution in [0.15, 0.2) is 18.2 Å². The molecule has 0 aliphatic heterocycles. The first kappa shape index (κ1) is 13.2. The van der Waals surface area contributed by atoms with Crippen molar-refractivity contribution < 1.29 is 9.72 Å². The number of hydrogen-bond acceptors (Lipinski definition) is 4. The molecule has 3 N–H and O–H groups in total. The van der Waals surface area contributed by atoms with E-state index in [4.69, 9.17) is 17.3 Å². The fourth-order valence-electron chi connectivity index (χ4n) is 1.29. The van der Waals surface area contributed by atoms with Crippen molar-refractivity contribution in [1.82, 2.24) is 0 Å². The van der Waals surface area contributed by atoms with Gasteiger partial charge >= 0.3 is 0 Å². The zero-order chi connectivity index (χ0) is 12.8. The number of carbonyl (C=O) groups excluding carboxylic acids is 1. The molecule has 0 unspecified atom stereocenters. The number of nitrogens with zero attached hydrogens (tertiary/aromatic N) is 1. The van der Waals surface area contributed by atoms with Crippen molar-refractivity contribution in [2.24, 2.45) is 5.73 Å². The number of nitro benzene ring substituents is 1. The SMILES string of the molecule is NC(=O)CCCNc1ccc(Cl)cc1[N+](=O)[O-]. The molecular formula is C10H12ClN3O3. The lowest BCUT2D eigenvalue weighted by Crippen LogP contribution is -2.13. The van der Waals surface area contributed by atoms with Gasteiger partial charge in [-0.25, -0.2) is 0 Å². The third-order valence-electron chi connectivity index (χ3n) is 2.07. The highest BCUT2D eigenvalue weighted by Crippen LogP contribution is 2.27. The van der Waals surface area contributed by atoms with Crippen molar-refractivity contribution in [3.8, 4) is 0 Å². The number of nitrogens with one attached hydrogen (secondary N) is 1. The zero-order valence-corrected chi connectivity index (χ0v) is 9.74. The molecule has 0 fully saturated rings. The summed E-state index contributed by atoms with van der Waals surface area (Å²) < 4.78 is 0. The smallest absolute Gasteiger partial charge is 0.293 e. The third-order valence-corrected chi connectivity index (χ3v) is 2.31. The molecule has 17 heavy (non-hydrogen) atoms. The molecule has 0 heterocycles. The quantitative estimate of drug-likeness (QED) is 0.462. The van der Waals surface area contributed by atoms with Crippen molar-refractivity contribution in [2.75, 3.05) is 11.9 Å². The maximum absolute atomic E-state index is 10.7. The molecule has 6 nitrogen and oxygen atoms in total. The number of primary amides is 1. The van der Waals surface area contributed by atoms with Crippen LogP contribution in [-0.4, -0.2) is 17.4 Å². The van der Waals surface area contributed by atoms with E-state index in [9.17, 15) is 14.9 Å². The predicted molar refractivity (Wildman–Crippen MR) is 65.0 cm³/mol. The van der Waals surface area contributed by atoms with E-state index in [1.165, 1.54) is 12.1 Å².